The molecule has 0 bridgehead atoms. The minimum Gasteiger partial charge on any atom is -0.463 e. The number of nitrogens with one attached hydrogen (secondary N) is 1. The number of hydrogen-bond donors (Lipinski definition) is 1. The van der Waals surface area contributed by atoms with Crippen molar-refractivity contribution in [2.24, 2.45) is 5.92 Å². The van der Waals surface area contributed by atoms with E-state index in [1.165, 1.54) is 12.8 Å². The normalized spacial score (nSPS) is 23.9. The molecule has 0 aromatic carbocycles. The maximum Gasteiger partial charge on any atom is 0.225 e. The molecule has 2 aliphatic rings. The zero-order valence-electron chi connectivity index (χ0n) is 11.5. The van der Waals surface area contributed by atoms with E-state index in [2.05, 4.69) is 5.32 Å². The first kappa shape index (κ1) is 12.7. The van der Waals surface area contributed by atoms with Gasteiger partial charge < -0.3 is 14.6 Å². The fraction of sp³-hybridized carbons (Fsp3) is 0.667. The lowest BCUT2D eigenvalue weighted by molar-refractivity contribution is -0.138. The van der Waals surface area contributed by atoms with Crippen LogP contribution in [0.1, 0.15) is 44.1 Å². The summed E-state index contributed by atoms with van der Waals surface area (Å²) in [6.07, 6.45) is 4.69. The Bertz CT molecular complexity index is 451. The Kier molecular flexibility index (Phi) is 3.60. The van der Waals surface area contributed by atoms with Crippen LogP contribution in [-0.2, 0) is 17.9 Å². The highest BCUT2D eigenvalue weighted by atomic mass is 16.3. The lowest BCUT2D eigenvalue weighted by atomic mass is 9.99. The number of carbonyl (C=O) groups is 1. The van der Waals surface area contributed by atoms with Crippen LogP contribution >= 0.6 is 0 Å². The molecule has 1 aliphatic heterocycles. The summed E-state index contributed by atoms with van der Waals surface area (Å²) in [5, 5.41) is 3.43. The van der Waals surface area contributed by atoms with Crippen molar-refractivity contribution in [1.29, 1.82) is 0 Å². The highest BCUT2D eigenvalue weighted by molar-refractivity contribution is 5.79. The maximum absolute atomic E-state index is 12.0. The van der Waals surface area contributed by atoms with Crippen molar-refractivity contribution < 1.29 is 9.21 Å². The van der Waals surface area contributed by atoms with Gasteiger partial charge in [0.15, 0.2) is 0 Å². The number of carbonyl (C=O) groups excluding carboxylic acids is 1. The van der Waals surface area contributed by atoms with Gasteiger partial charge in [-0.3, -0.25) is 4.79 Å². The highest BCUT2D eigenvalue weighted by Crippen LogP contribution is 2.22. The van der Waals surface area contributed by atoms with E-state index < -0.39 is 0 Å². The third kappa shape index (κ3) is 3.18. The zero-order valence-corrected chi connectivity index (χ0v) is 11.5. The molecule has 0 radical (unpaired) electrons. The molecule has 2 heterocycles. The number of hydrogen-bond acceptors (Lipinski definition) is 3. The van der Waals surface area contributed by atoms with Crippen molar-refractivity contribution in [1.82, 2.24) is 10.2 Å². The molecule has 1 unspecified atom stereocenters. The van der Waals surface area contributed by atoms with Crippen molar-refractivity contribution in [2.75, 3.05) is 6.54 Å². The smallest absolute Gasteiger partial charge is 0.225 e. The molecule has 3 rings (SSSR count). The Morgan fingerprint density at radius 3 is 2.89 bits per heavy atom. The molecule has 1 aromatic rings. The summed E-state index contributed by atoms with van der Waals surface area (Å²) in [4.78, 5) is 14.0. The second kappa shape index (κ2) is 5.37. The van der Waals surface area contributed by atoms with Gasteiger partial charge in [0.05, 0.1) is 13.1 Å². The summed E-state index contributed by atoms with van der Waals surface area (Å²) in [5.41, 5.74) is 0. The van der Waals surface area contributed by atoms with Gasteiger partial charge in [-0.05, 0) is 37.8 Å². The number of nitrogens with zero attached hydrogens (tertiary/aromatic N) is 1. The molecule has 1 aromatic heterocycles. The van der Waals surface area contributed by atoms with Crippen LogP contribution in [0.25, 0.3) is 0 Å². The maximum atomic E-state index is 12.0. The standard InChI is InChI=1S/C15H22N2O2/c1-11-3-2-8-17(15(11)18)10-14-7-6-13(19-14)9-16-12-4-5-12/h6-7,11-12,16H,2-5,8-10H2,1H3. The van der Waals surface area contributed by atoms with E-state index in [4.69, 9.17) is 4.42 Å². The fourth-order valence-electron chi connectivity index (χ4n) is 2.61. The number of furan rings is 1. The van der Waals surface area contributed by atoms with E-state index in [9.17, 15) is 4.79 Å². The van der Waals surface area contributed by atoms with Crippen LogP contribution in [-0.4, -0.2) is 23.4 Å². The summed E-state index contributed by atoms with van der Waals surface area (Å²) < 4.78 is 5.79. The van der Waals surface area contributed by atoms with Gasteiger partial charge in [-0.1, -0.05) is 6.92 Å². The third-order valence-electron chi connectivity index (χ3n) is 4.00. The second-order valence-corrected chi connectivity index (χ2v) is 5.83. The molecular weight excluding hydrogens is 240 g/mol. The molecule has 2 fully saturated rings. The molecule has 0 spiro atoms. The molecular formula is C15H22N2O2. The monoisotopic (exact) mass is 262 g/mol. The van der Waals surface area contributed by atoms with Crippen molar-refractivity contribution in [3.63, 3.8) is 0 Å². The summed E-state index contributed by atoms with van der Waals surface area (Å²) in [5.74, 6) is 2.30. The Balaban J connectivity index is 1.55. The number of rotatable bonds is 5. The lowest BCUT2D eigenvalue weighted by Gasteiger charge is -2.29. The Labute approximate surface area is 114 Å². The topological polar surface area (TPSA) is 45.5 Å². The average Bonchev–Trinajstić information content (AvgIpc) is 3.13. The van der Waals surface area contributed by atoms with Gasteiger partial charge in [-0.2, -0.15) is 0 Å². The van der Waals surface area contributed by atoms with Gasteiger partial charge in [0.25, 0.3) is 0 Å². The molecule has 1 amide bonds. The van der Waals surface area contributed by atoms with Crippen LogP contribution in [0.15, 0.2) is 16.5 Å². The molecule has 4 nitrogen and oxygen atoms in total. The average molecular weight is 262 g/mol. The third-order valence-corrected chi connectivity index (χ3v) is 4.00. The van der Waals surface area contributed by atoms with E-state index in [1.54, 1.807) is 0 Å². The molecule has 1 aliphatic carbocycles. The number of likely N-dealkylation sites (tertiary alicyclic amines) is 1. The summed E-state index contributed by atoms with van der Waals surface area (Å²) in [6.45, 7) is 4.29. The molecule has 1 saturated heterocycles. The van der Waals surface area contributed by atoms with Crippen LogP contribution in [0.4, 0.5) is 0 Å². The van der Waals surface area contributed by atoms with Crippen LogP contribution in [0, 0.1) is 5.92 Å². The molecule has 4 heteroatoms. The first-order valence-electron chi connectivity index (χ1n) is 7.32. The molecule has 104 valence electrons. The van der Waals surface area contributed by atoms with Crippen LogP contribution in [0.5, 0.6) is 0 Å². The summed E-state index contributed by atoms with van der Waals surface area (Å²) in [6, 6.07) is 4.71. The molecule has 1 saturated carbocycles. The minimum atomic E-state index is 0.166. The van der Waals surface area contributed by atoms with E-state index in [-0.39, 0.29) is 11.8 Å². The predicted molar refractivity (Wildman–Crippen MR) is 72.4 cm³/mol. The molecule has 1 N–H and O–H groups in total. The Morgan fingerprint density at radius 2 is 2.11 bits per heavy atom. The van der Waals surface area contributed by atoms with Crippen LogP contribution in [0.3, 0.4) is 0 Å². The highest BCUT2D eigenvalue weighted by Gasteiger charge is 2.26. The summed E-state index contributed by atoms with van der Waals surface area (Å²) >= 11 is 0. The predicted octanol–water partition coefficient (Wildman–Crippen LogP) is 2.29. The SMILES string of the molecule is CC1CCCN(Cc2ccc(CNC3CC3)o2)C1=O. The van der Waals surface area contributed by atoms with Crippen molar-refractivity contribution in [3.8, 4) is 0 Å². The molecule has 1 atom stereocenters. The first-order valence-corrected chi connectivity index (χ1v) is 7.32. The minimum absolute atomic E-state index is 0.166. The van der Waals surface area contributed by atoms with Gasteiger partial charge in [0.1, 0.15) is 11.5 Å². The van der Waals surface area contributed by atoms with Crippen molar-refractivity contribution in [2.45, 2.75) is 51.7 Å². The van der Waals surface area contributed by atoms with Gasteiger partial charge in [0.2, 0.25) is 5.91 Å². The van der Waals surface area contributed by atoms with Crippen molar-refractivity contribution in [3.05, 3.63) is 23.7 Å². The van der Waals surface area contributed by atoms with E-state index in [0.29, 0.717) is 12.6 Å². The number of piperidine rings is 1. The summed E-state index contributed by atoms with van der Waals surface area (Å²) in [7, 11) is 0. The van der Waals surface area contributed by atoms with Gasteiger partial charge >= 0.3 is 0 Å². The fourth-order valence-corrected chi connectivity index (χ4v) is 2.61. The zero-order chi connectivity index (χ0) is 13.2. The van der Waals surface area contributed by atoms with Gasteiger partial charge in [0, 0.05) is 18.5 Å². The van der Waals surface area contributed by atoms with Crippen LogP contribution < -0.4 is 5.32 Å². The second-order valence-electron chi connectivity index (χ2n) is 5.83. The van der Waals surface area contributed by atoms with E-state index in [1.807, 2.05) is 24.0 Å². The lowest BCUT2D eigenvalue weighted by Crippen LogP contribution is -2.39. The Hall–Kier alpha value is -1.29. The molecule has 19 heavy (non-hydrogen) atoms. The first-order chi connectivity index (χ1) is 9.22. The Morgan fingerprint density at radius 1 is 1.32 bits per heavy atom. The van der Waals surface area contributed by atoms with Gasteiger partial charge in [-0.25, -0.2) is 0 Å². The van der Waals surface area contributed by atoms with Crippen LogP contribution in [0.2, 0.25) is 0 Å². The van der Waals surface area contributed by atoms with E-state index >= 15 is 0 Å². The van der Waals surface area contributed by atoms with E-state index in [0.717, 1.165) is 37.5 Å². The van der Waals surface area contributed by atoms with Gasteiger partial charge in [-0.15, -0.1) is 0 Å². The quantitative estimate of drug-likeness (QED) is 0.885. The number of amides is 1. The largest absolute Gasteiger partial charge is 0.463 e. The van der Waals surface area contributed by atoms with Crippen molar-refractivity contribution >= 4 is 5.91 Å².